The maximum absolute atomic E-state index is 13.0. The zero-order chi connectivity index (χ0) is 13.8. The molecule has 0 amide bonds. The van der Waals surface area contributed by atoms with Gasteiger partial charge in [0.05, 0.1) is 12.3 Å². The minimum Gasteiger partial charge on any atom is -0.488 e. The van der Waals surface area contributed by atoms with Crippen LogP contribution in [0.5, 0.6) is 5.75 Å². The van der Waals surface area contributed by atoms with E-state index in [2.05, 4.69) is 4.98 Å². The molecule has 1 aromatic heterocycles. The van der Waals surface area contributed by atoms with Gasteiger partial charge in [-0.2, -0.15) is 0 Å². The fraction of sp³-hybridized carbons (Fsp3) is 0.267. The van der Waals surface area contributed by atoms with Crippen LogP contribution in [0, 0.1) is 12.7 Å². The fourth-order valence-electron chi connectivity index (χ4n) is 1.81. The zero-order valence-electron chi connectivity index (χ0n) is 10.9. The highest BCUT2D eigenvalue weighted by Gasteiger charge is 2.09. The first-order chi connectivity index (χ1) is 9.06. The highest BCUT2D eigenvalue weighted by atomic mass is 19.1. The van der Waals surface area contributed by atoms with Crippen LogP contribution in [0.15, 0.2) is 36.7 Å². The molecule has 0 saturated heterocycles. The highest BCUT2D eigenvalue weighted by Crippen LogP contribution is 2.27. The molecule has 1 N–H and O–H groups in total. The molecule has 19 heavy (non-hydrogen) atoms. The molecule has 1 atom stereocenters. The molecule has 0 bridgehead atoms. The smallest absolute Gasteiger partial charge is 0.141 e. The number of hydrogen-bond acceptors (Lipinski definition) is 3. The van der Waals surface area contributed by atoms with Crippen LogP contribution in [0.4, 0.5) is 4.39 Å². The van der Waals surface area contributed by atoms with Crippen molar-refractivity contribution >= 4 is 0 Å². The minimum absolute atomic E-state index is 0.216. The summed E-state index contributed by atoms with van der Waals surface area (Å²) >= 11 is 0. The Labute approximate surface area is 111 Å². The second-order valence-electron chi connectivity index (χ2n) is 4.52. The summed E-state index contributed by atoms with van der Waals surface area (Å²) in [6.07, 6.45) is 2.10. The normalized spacial score (nSPS) is 12.2. The molecule has 0 saturated carbocycles. The second-order valence-corrected chi connectivity index (χ2v) is 4.52. The first-order valence-electron chi connectivity index (χ1n) is 6.07. The Bertz CT molecular complexity index is 570. The Morgan fingerprint density at radius 3 is 2.79 bits per heavy atom. The van der Waals surface area contributed by atoms with Crippen molar-refractivity contribution in [2.45, 2.75) is 26.6 Å². The molecule has 4 heteroatoms. The molecule has 0 aliphatic rings. The molecule has 0 fully saturated rings. The van der Waals surface area contributed by atoms with E-state index in [0.717, 1.165) is 17.3 Å². The molecule has 100 valence electrons. The number of pyridine rings is 1. The van der Waals surface area contributed by atoms with Gasteiger partial charge in [-0.3, -0.25) is 4.98 Å². The van der Waals surface area contributed by atoms with Crippen molar-refractivity contribution in [1.82, 2.24) is 4.98 Å². The van der Waals surface area contributed by atoms with Gasteiger partial charge in [0.25, 0.3) is 0 Å². The predicted molar refractivity (Wildman–Crippen MR) is 70.3 cm³/mol. The molecular formula is C15H16FNO2. The van der Waals surface area contributed by atoms with Crippen molar-refractivity contribution in [3.63, 3.8) is 0 Å². The summed E-state index contributed by atoms with van der Waals surface area (Å²) in [5.74, 6) is 0.223. The molecule has 0 radical (unpaired) electrons. The van der Waals surface area contributed by atoms with Crippen molar-refractivity contribution in [1.29, 1.82) is 0 Å². The Morgan fingerprint density at radius 1 is 1.32 bits per heavy atom. The van der Waals surface area contributed by atoms with Gasteiger partial charge in [0.15, 0.2) is 0 Å². The van der Waals surface area contributed by atoms with Crippen molar-refractivity contribution in [2.24, 2.45) is 0 Å². The third kappa shape index (κ3) is 3.51. The lowest BCUT2D eigenvalue weighted by molar-refractivity contribution is 0.190. The van der Waals surface area contributed by atoms with E-state index >= 15 is 0 Å². The standard InChI is InChI=1S/C15H16FNO2/c1-10-3-4-14(11(2)18)15(5-10)19-9-12-6-13(16)8-17-7-12/h3-8,11,18H,9H2,1-2H3/t11-/m1/s1. The van der Waals surface area contributed by atoms with Crippen LogP contribution < -0.4 is 4.74 Å². The number of aromatic nitrogens is 1. The highest BCUT2D eigenvalue weighted by molar-refractivity contribution is 5.38. The van der Waals surface area contributed by atoms with Crippen molar-refractivity contribution in [2.75, 3.05) is 0 Å². The van der Waals surface area contributed by atoms with Crippen LogP contribution in [-0.4, -0.2) is 10.1 Å². The van der Waals surface area contributed by atoms with Crippen molar-refractivity contribution < 1.29 is 14.2 Å². The van der Waals surface area contributed by atoms with Crippen LogP contribution in [0.2, 0.25) is 0 Å². The third-order valence-corrected chi connectivity index (χ3v) is 2.78. The van der Waals surface area contributed by atoms with Gasteiger partial charge in [-0.25, -0.2) is 4.39 Å². The minimum atomic E-state index is -0.610. The third-order valence-electron chi connectivity index (χ3n) is 2.78. The van der Waals surface area contributed by atoms with E-state index in [1.165, 1.54) is 6.07 Å². The first kappa shape index (κ1) is 13.5. The second kappa shape index (κ2) is 5.80. The Kier molecular flexibility index (Phi) is 4.12. The number of nitrogens with zero attached hydrogens (tertiary/aromatic N) is 1. The average molecular weight is 261 g/mol. The van der Waals surface area contributed by atoms with E-state index in [4.69, 9.17) is 4.74 Å². The van der Waals surface area contributed by atoms with Crippen molar-refractivity contribution in [3.8, 4) is 5.75 Å². The van der Waals surface area contributed by atoms with Gasteiger partial charge in [-0.05, 0) is 31.5 Å². The summed E-state index contributed by atoms with van der Waals surface area (Å²) in [7, 11) is 0. The summed E-state index contributed by atoms with van der Waals surface area (Å²) in [5, 5.41) is 9.68. The molecule has 0 spiro atoms. The summed E-state index contributed by atoms with van der Waals surface area (Å²) in [6, 6.07) is 6.98. The van der Waals surface area contributed by atoms with E-state index in [1.807, 2.05) is 25.1 Å². The van der Waals surface area contributed by atoms with Gasteiger partial charge in [-0.1, -0.05) is 12.1 Å². The number of ether oxygens (including phenoxy) is 1. The largest absolute Gasteiger partial charge is 0.488 e. The van der Waals surface area contributed by atoms with E-state index in [9.17, 15) is 9.50 Å². The molecular weight excluding hydrogens is 245 g/mol. The maximum Gasteiger partial charge on any atom is 0.141 e. The number of benzene rings is 1. The summed E-state index contributed by atoms with van der Waals surface area (Å²) in [6.45, 7) is 3.84. The van der Waals surface area contributed by atoms with Crippen LogP contribution in [-0.2, 0) is 6.61 Å². The van der Waals surface area contributed by atoms with Gasteiger partial charge in [0.2, 0.25) is 0 Å². The monoisotopic (exact) mass is 261 g/mol. The summed E-state index contributed by atoms with van der Waals surface area (Å²) in [4.78, 5) is 3.77. The van der Waals surface area contributed by atoms with E-state index < -0.39 is 6.10 Å². The molecule has 0 aliphatic carbocycles. The molecule has 1 aromatic carbocycles. The lowest BCUT2D eigenvalue weighted by atomic mass is 10.1. The topological polar surface area (TPSA) is 42.4 Å². The van der Waals surface area contributed by atoms with E-state index in [-0.39, 0.29) is 12.4 Å². The number of halogens is 1. The molecule has 0 unspecified atom stereocenters. The number of hydrogen-bond donors (Lipinski definition) is 1. The van der Waals surface area contributed by atoms with Gasteiger partial charge < -0.3 is 9.84 Å². The van der Waals surface area contributed by atoms with Gasteiger partial charge in [0.1, 0.15) is 18.2 Å². The van der Waals surface area contributed by atoms with Crippen LogP contribution >= 0.6 is 0 Å². The Balaban J connectivity index is 2.17. The number of aliphatic hydroxyl groups excluding tert-OH is 1. The SMILES string of the molecule is Cc1ccc([C@@H](C)O)c(OCc2cncc(F)c2)c1. The molecule has 3 nitrogen and oxygen atoms in total. The first-order valence-corrected chi connectivity index (χ1v) is 6.07. The number of aliphatic hydroxyl groups is 1. The predicted octanol–water partition coefficient (Wildman–Crippen LogP) is 3.16. The Morgan fingerprint density at radius 2 is 2.11 bits per heavy atom. The van der Waals surface area contributed by atoms with Crippen molar-refractivity contribution in [3.05, 3.63) is 59.2 Å². The number of rotatable bonds is 4. The average Bonchev–Trinajstić information content (AvgIpc) is 2.36. The van der Waals surface area contributed by atoms with Gasteiger partial charge >= 0.3 is 0 Å². The van der Waals surface area contributed by atoms with E-state index in [1.54, 1.807) is 13.1 Å². The number of aryl methyl sites for hydroxylation is 1. The molecule has 2 rings (SSSR count). The molecule has 2 aromatic rings. The summed E-state index contributed by atoms with van der Waals surface area (Å²) in [5.41, 5.74) is 2.41. The fourth-order valence-corrected chi connectivity index (χ4v) is 1.81. The maximum atomic E-state index is 13.0. The van der Waals surface area contributed by atoms with Crippen LogP contribution in [0.25, 0.3) is 0 Å². The van der Waals surface area contributed by atoms with Crippen LogP contribution in [0.3, 0.4) is 0 Å². The van der Waals surface area contributed by atoms with Crippen LogP contribution in [0.1, 0.15) is 29.7 Å². The summed E-state index contributed by atoms with van der Waals surface area (Å²) < 4.78 is 18.7. The zero-order valence-corrected chi connectivity index (χ0v) is 10.9. The Hall–Kier alpha value is -1.94. The van der Waals surface area contributed by atoms with Gasteiger partial charge in [0, 0.05) is 17.3 Å². The van der Waals surface area contributed by atoms with E-state index in [0.29, 0.717) is 11.3 Å². The molecule has 1 heterocycles. The lowest BCUT2D eigenvalue weighted by Gasteiger charge is -2.14. The quantitative estimate of drug-likeness (QED) is 0.919. The molecule has 0 aliphatic heterocycles. The van der Waals surface area contributed by atoms with Gasteiger partial charge in [-0.15, -0.1) is 0 Å². The lowest BCUT2D eigenvalue weighted by Crippen LogP contribution is -2.02.